The minimum absolute atomic E-state index is 0.128. The van der Waals surface area contributed by atoms with E-state index in [0.717, 1.165) is 21.3 Å². The van der Waals surface area contributed by atoms with Crippen LogP contribution < -0.4 is 10.6 Å². The van der Waals surface area contributed by atoms with Crippen molar-refractivity contribution in [2.45, 2.75) is 45.4 Å². The first kappa shape index (κ1) is 25.3. The maximum atomic E-state index is 12.6. The van der Waals surface area contributed by atoms with E-state index in [9.17, 15) is 9.59 Å². The Morgan fingerprint density at radius 2 is 1.88 bits per heavy atom. The number of nitrogens with zero attached hydrogens (tertiary/aromatic N) is 3. The first-order valence-electron chi connectivity index (χ1n) is 10.4. The maximum absolute atomic E-state index is 12.6. The van der Waals surface area contributed by atoms with Crippen LogP contribution in [0.5, 0.6) is 0 Å². The quantitative estimate of drug-likeness (QED) is 0.359. The molecule has 3 rings (SSSR count). The van der Waals surface area contributed by atoms with E-state index in [2.05, 4.69) is 36.8 Å². The molecular weight excluding hydrogens is 526 g/mol. The van der Waals surface area contributed by atoms with Gasteiger partial charge in [-0.25, -0.2) is 0 Å². The Bertz CT molecular complexity index is 1180. The van der Waals surface area contributed by atoms with Gasteiger partial charge in [0.05, 0.1) is 22.4 Å². The average molecular weight is 551 g/mol. The molecule has 0 fully saturated rings. The highest BCUT2D eigenvalue weighted by Gasteiger charge is 2.21. The van der Waals surface area contributed by atoms with Crippen LogP contribution in [0.3, 0.4) is 0 Å². The van der Waals surface area contributed by atoms with Gasteiger partial charge in [-0.15, -0.1) is 10.2 Å². The van der Waals surface area contributed by atoms with Gasteiger partial charge >= 0.3 is 0 Å². The first-order valence-corrected chi connectivity index (χ1v) is 12.5. The van der Waals surface area contributed by atoms with E-state index >= 15 is 0 Å². The number of aromatic nitrogens is 3. The van der Waals surface area contributed by atoms with E-state index in [4.69, 9.17) is 11.6 Å². The van der Waals surface area contributed by atoms with Gasteiger partial charge in [-0.2, -0.15) is 0 Å². The molecule has 0 radical (unpaired) electrons. The van der Waals surface area contributed by atoms with Gasteiger partial charge in [-0.05, 0) is 63.1 Å². The van der Waals surface area contributed by atoms with Crippen molar-refractivity contribution in [1.82, 2.24) is 20.1 Å². The molecule has 0 bridgehead atoms. The molecule has 0 spiro atoms. The molecule has 0 aliphatic carbocycles. The molecule has 1 heterocycles. The third-order valence-corrected chi connectivity index (χ3v) is 7.40. The monoisotopic (exact) mass is 549 g/mol. The number of halogens is 2. The molecule has 0 aliphatic rings. The predicted octanol–water partition coefficient (Wildman–Crippen LogP) is 5.55. The standard InChI is InChI=1S/C23H25BrClN5O2S/c1-5-30-21(15(4)26-22(32)16-8-6-7-9-18(16)25)28-29-23(30)33-12-20(31)27-19-11-10-17(24)13(2)14(19)3/h6-11,15H,5,12H2,1-4H3,(H,26,32)(H,27,31)/t15-/m1/s1. The van der Waals surface area contributed by atoms with E-state index in [1.54, 1.807) is 24.3 Å². The van der Waals surface area contributed by atoms with Gasteiger partial charge in [0.2, 0.25) is 5.91 Å². The normalized spacial score (nSPS) is 11.8. The maximum Gasteiger partial charge on any atom is 0.253 e. The fraction of sp³-hybridized carbons (Fsp3) is 0.304. The second-order valence-electron chi connectivity index (χ2n) is 7.44. The van der Waals surface area contributed by atoms with Crippen LogP contribution >= 0.6 is 39.3 Å². The number of benzene rings is 2. The zero-order valence-corrected chi connectivity index (χ0v) is 21.9. The lowest BCUT2D eigenvalue weighted by molar-refractivity contribution is -0.113. The number of hydrogen-bond donors (Lipinski definition) is 2. The van der Waals surface area contributed by atoms with E-state index in [-0.39, 0.29) is 17.6 Å². The number of thioether (sulfide) groups is 1. The summed E-state index contributed by atoms with van der Waals surface area (Å²) in [5.74, 6) is 0.386. The highest BCUT2D eigenvalue weighted by molar-refractivity contribution is 9.10. The number of rotatable bonds is 8. The highest BCUT2D eigenvalue weighted by Crippen LogP contribution is 2.27. The van der Waals surface area contributed by atoms with Crippen LogP contribution in [0.4, 0.5) is 5.69 Å². The molecular formula is C23H25BrClN5O2S. The molecule has 2 aromatic carbocycles. The van der Waals surface area contributed by atoms with Crippen LogP contribution in [-0.2, 0) is 11.3 Å². The number of carbonyl (C=O) groups is 2. The fourth-order valence-electron chi connectivity index (χ4n) is 3.25. The minimum atomic E-state index is -0.391. The summed E-state index contributed by atoms with van der Waals surface area (Å²) in [5, 5.41) is 15.4. The van der Waals surface area contributed by atoms with Crippen molar-refractivity contribution in [2.75, 3.05) is 11.1 Å². The summed E-state index contributed by atoms with van der Waals surface area (Å²) in [4.78, 5) is 25.1. The summed E-state index contributed by atoms with van der Waals surface area (Å²) >= 11 is 10.9. The van der Waals surface area contributed by atoms with Crippen molar-refractivity contribution in [3.05, 3.63) is 68.4 Å². The number of carbonyl (C=O) groups excluding carboxylic acids is 2. The molecule has 0 saturated carbocycles. The van der Waals surface area contributed by atoms with Crippen molar-refractivity contribution in [2.24, 2.45) is 0 Å². The molecule has 0 unspecified atom stereocenters. The summed E-state index contributed by atoms with van der Waals surface area (Å²) in [7, 11) is 0. The van der Waals surface area contributed by atoms with E-state index in [0.29, 0.717) is 28.1 Å². The van der Waals surface area contributed by atoms with Gasteiger partial charge in [0.1, 0.15) is 0 Å². The Labute approximate surface area is 210 Å². The zero-order valence-electron chi connectivity index (χ0n) is 18.8. The smallest absolute Gasteiger partial charge is 0.253 e. The largest absolute Gasteiger partial charge is 0.342 e. The van der Waals surface area contributed by atoms with Gasteiger partial charge < -0.3 is 15.2 Å². The molecule has 0 aliphatic heterocycles. The average Bonchev–Trinajstić information content (AvgIpc) is 3.21. The molecule has 174 valence electrons. The van der Waals surface area contributed by atoms with Crippen molar-refractivity contribution in [1.29, 1.82) is 0 Å². The van der Waals surface area contributed by atoms with Crippen LogP contribution in [0.1, 0.15) is 47.2 Å². The van der Waals surface area contributed by atoms with Gasteiger partial charge in [0.25, 0.3) is 5.91 Å². The van der Waals surface area contributed by atoms with Crippen LogP contribution in [0.25, 0.3) is 0 Å². The molecule has 1 aromatic heterocycles. The molecule has 10 heteroatoms. The number of amides is 2. The highest BCUT2D eigenvalue weighted by atomic mass is 79.9. The van der Waals surface area contributed by atoms with Crippen LogP contribution in [0, 0.1) is 13.8 Å². The summed E-state index contributed by atoms with van der Waals surface area (Å²) < 4.78 is 2.90. The zero-order chi connectivity index (χ0) is 24.1. The third kappa shape index (κ3) is 5.96. The van der Waals surface area contributed by atoms with E-state index in [1.807, 2.05) is 44.4 Å². The van der Waals surface area contributed by atoms with Gasteiger partial charge in [-0.1, -0.05) is 51.4 Å². The van der Waals surface area contributed by atoms with Crippen LogP contribution in [-0.4, -0.2) is 32.3 Å². The summed E-state index contributed by atoms with van der Waals surface area (Å²) in [6, 6.07) is 10.3. The lowest BCUT2D eigenvalue weighted by Crippen LogP contribution is -2.29. The summed E-state index contributed by atoms with van der Waals surface area (Å²) in [6.45, 7) is 8.38. The van der Waals surface area contributed by atoms with Gasteiger partial charge in [-0.3, -0.25) is 9.59 Å². The molecule has 0 saturated heterocycles. The lowest BCUT2D eigenvalue weighted by atomic mass is 10.1. The van der Waals surface area contributed by atoms with Crippen molar-refractivity contribution in [3.8, 4) is 0 Å². The molecule has 33 heavy (non-hydrogen) atoms. The van der Waals surface area contributed by atoms with Gasteiger partial charge in [0, 0.05) is 16.7 Å². The topological polar surface area (TPSA) is 88.9 Å². The lowest BCUT2D eigenvalue weighted by Gasteiger charge is -2.15. The third-order valence-electron chi connectivity index (χ3n) is 5.24. The number of nitrogens with one attached hydrogen (secondary N) is 2. The fourth-order valence-corrected chi connectivity index (χ4v) is 4.71. The first-order chi connectivity index (χ1) is 15.7. The Hall–Kier alpha value is -2.36. The van der Waals surface area contributed by atoms with Crippen LogP contribution in [0.2, 0.25) is 5.02 Å². The van der Waals surface area contributed by atoms with Crippen molar-refractivity contribution >= 4 is 56.8 Å². The minimum Gasteiger partial charge on any atom is -0.342 e. The second kappa shape index (κ2) is 11.2. The number of hydrogen-bond acceptors (Lipinski definition) is 5. The van der Waals surface area contributed by atoms with Crippen molar-refractivity contribution in [3.63, 3.8) is 0 Å². The van der Waals surface area contributed by atoms with E-state index in [1.165, 1.54) is 11.8 Å². The second-order valence-corrected chi connectivity index (χ2v) is 9.65. The van der Waals surface area contributed by atoms with Crippen molar-refractivity contribution < 1.29 is 9.59 Å². The summed E-state index contributed by atoms with van der Waals surface area (Å²) in [5.41, 5.74) is 3.29. The van der Waals surface area contributed by atoms with Gasteiger partial charge in [0.15, 0.2) is 11.0 Å². The molecule has 2 N–H and O–H groups in total. The SMILES string of the molecule is CCn1c(SCC(=O)Nc2ccc(Br)c(C)c2C)nnc1[C@@H](C)NC(=O)c1ccccc1Cl. The molecule has 7 nitrogen and oxygen atoms in total. The van der Waals surface area contributed by atoms with E-state index < -0.39 is 6.04 Å². The molecule has 2 amide bonds. The Morgan fingerprint density at radius 1 is 1.15 bits per heavy atom. The Morgan fingerprint density at radius 3 is 2.58 bits per heavy atom. The Kier molecular flexibility index (Phi) is 8.56. The van der Waals surface area contributed by atoms with Crippen LogP contribution in [0.15, 0.2) is 46.0 Å². The number of anilines is 1. The molecule has 1 atom stereocenters. The summed E-state index contributed by atoms with van der Waals surface area (Å²) in [6.07, 6.45) is 0. The molecule has 3 aromatic rings. The predicted molar refractivity (Wildman–Crippen MR) is 136 cm³/mol. The Balaban J connectivity index is 1.65.